The lowest BCUT2D eigenvalue weighted by Crippen LogP contribution is -2.08. The van der Waals surface area contributed by atoms with Gasteiger partial charge < -0.3 is 15.1 Å². The van der Waals surface area contributed by atoms with Crippen molar-refractivity contribution in [2.24, 2.45) is 0 Å². The Kier molecular flexibility index (Phi) is 25.0. The fraction of sp³-hybridized carbons (Fsp3) is 0.100. The third-order valence-electron chi connectivity index (χ3n) is 9.50. The second-order valence-corrected chi connectivity index (χ2v) is 33.5. The molecule has 6 aromatic heterocycles. The molecule has 0 unspecified atom stereocenters. The summed E-state index contributed by atoms with van der Waals surface area (Å²) in [5, 5.41) is 16.1. The number of nitrogens with one attached hydrogen (secondary N) is 3. The topological polar surface area (TPSA) is 183 Å². The molecule has 0 radical (unpaired) electrons. The number of carbonyl (C=O) groups is 1. The molecule has 0 bridgehead atoms. The van der Waals surface area contributed by atoms with Crippen molar-refractivity contribution >= 4 is 187 Å². The van der Waals surface area contributed by atoms with Crippen molar-refractivity contribution in [1.82, 2.24) is 39.9 Å². The van der Waals surface area contributed by atoms with Gasteiger partial charge in [0.15, 0.2) is 16.2 Å². The maximum absolute atomic E-state index is 11.4. The molecule has 10 rings (SSSR count). The van der Waals surface area contributed by atoms with Crippen molar-refractivity contribution in [3.63, 3.8) is 0 Å². The standard InChI is InChI=1S/C15H12ClN3OS.C10H7BrClN.C10H8ClNO.C10H6ClNO.C5H6N2OS.Br3P/c1-9-6-13(20)19-15(17-9)21-8-11-7-10-4-2-3-5-12(10)18-14(11)16;11-6-8-5-7-3-1-2-4-9(7)13-10(8)12;2*11-10-8(6-13)5-7-3-1-2-4-9(7)12-10;1-3-2-4(8)7-5(9)6-3;1-4(2)3/h2-7H,8H2,1H3,(H,17,19,20);1-5H,6H2;1-5,13H,6H2;1-6H;2H,1H3,(H2,6,7,8,9);. The summed E-state index contributed by atoms with van der Waals surface area (Å²) in [4.78, 5) is 61.6. The number of aromatic nitrogens is 8. The number of benzene rings is 4. The van der Waals surface area contributed by atoms with E-state index in [2.05, 4.69) is 121 Å². The maximum atomic E-state index is 11.4. The van der Waals surface area contributed by atoms with Crippen LogP contribution in [0.15, 0.2) is 148 Å². The van der Waals surface area contributed by atoms with Crippen molar-refractivity contribution in [3.05, 3.63) is 213 Å². The second-order valence-electron chi connectivity index (χ2n) is 14.8. The summed E-state index contributed by atoms with van der Waals surface area (Å²) in [6, 6.07) is 41.5. The number of H-pyrrole nitrogens is 3. The summed E-state index contributed by atoms with van der Waals surface area (Å²) in [5.74, 6) is 0.600. The first-order chi connectivity index (χ1) is 35.0. The molecular weight excluding hydrogens is 1330 g/mol. The molecule has 4 aromatic carbocycles. The van der Waals surface area contributed by atoms with Crippen molar-refractivity contribution in [1.29, 1.82) is 0 Å². The van der Waals surface area contributed by atoms with E-state index in [1.54, 1.807) is 19.9 Å². The quantitative estimate of drug-likeness (QED) is 0.0236. The minimum absolute atomic E-state index is 0.0728. The lowest BCUT2D eigenvalue weighted by Gasteiger charge is -2.06. The van der Waals surface area contributed by atoms with E-state index in [0.717, 1.165) is 65.8 Å². The van der Waals surface area contributed by atoms with Gasteiger partial charge >= 0.3 is 0 Å². The third kappa shape index (κ3) is 19.6. The van der Waals surface area contributed by atoms with E-state index >= 15 is 0 Å². The van der Waals surface area contributed by atoms with Gasteiger partial charge in [-0.15, -0.1) is 0 Å². The highest BCUT2D eigenvalue weighted by atomic mass is 80.0. The van der Waals surface area contributed by atoms with Crippen LogP contribution in [-0.4, -0.2) is 51.3 Å². The second kappa shape index (κ2) is 30.5. The van der Waals surface area contributed by atoms with Crippen LogP contribution in [0.3, 0.4) is 0 Å². The van der Waals surface area contributed by atoms with Crippen LogP contribution in [0, 0.1) is 18.6 Å². The molecule has 0 saturated carbocycles. The molecule has 4 N–H and O–H groups in total. The van der Waals surface area contributed by atoms with E-state index in [1.165, 1.54) is 23.9 Å². The number of aliphatic hydroxyl groups excluding tert-OH is 1. The number of aromatic amines is 3. The number of rotatable bonds is 6. The van der Waals surface area contributed by atoms with Gasteiger partial charge in [-0.1, -0.05) is 147 Å². The molecule has 23 heteroatoms. The molecule has 0 spiro atoms. The number of para-hydroxylation sites is 4. The summed E-state index contributed by atoms with van der Waals surface area (Å²) in [7, 11) is 0. The van der Waals surface area contributed by atoms with Gasteiger partial charge in [0.2, 0.25) is 0 Å². The minimum atomic E-state index is -0.183. The van der Waals surface area contributed by atoms with Gasteiger partial charge in [0.05, 0.1) is 34.2 Å². The molecular formula is C50H39Br4Cl4N8O4PS2. The zero-order valence-electron chi connectivity index (χ0n) is 38.1. The Balaban J connectivity index is 0.000000170. The highest BCUT2D eigenvalue weighted by Gasteiger charge is 2.08. The molecule has 73 heavy (non-hydrogen) atoms. The molecule has 0 atom stereocenters. The average Bonchev–Trinajstić information content (AvgIpc) is 3.35. The highest BCUT2D eigenvalue weighted by Crippen LogP contribution is 2.59. The van der Waals surface area contributed by atoms with Crippen LogP contribution in [0.25, 0.3) is 43.6 Å². The van der Waals surface area contributed by atoms with Crippen molar-refractivity contribution < 1.29 is 9.90 Å². The van der Waals surface area contributed by atoms with E-state index < -0.39 is 0 Å². The van der Waals surface area contributed by atoms with Crippen LogP contribution in [-0.2, 0) is 17.7 Å². The predicted octanol–water partition coefficient (Wildman–Crippen LogP) is 16.6. The third-order valence-corrected chi connectivity index (χ3v) is 12.5. The molecule has 0 saturated heterocycles. The van der Waals surface area contributed by atoms with Crippen LogP contribution in [0.5, 0.6) is 0 Å². The predicted molar refractivity (Wildman–Crippen MR) is 321 cm³/mol. The summed E-state index contributed by atoms with van der Waals surface area (Å²) >= 11 is 42.8. The van der Waals surface area contributed by atoms with Gasteiger partial charge in [-0.3, -0.25) is 19.4 Å². The van der Waals surface area contributed by atoms with Gasteiger partial charge in [-0.25, -0.2) is 24.9 Å². The first kappa shape index (κ1) is 59.9. The van der Waals surface area contributed by atoms with Crippen molar-refractivity contribution in [3.8, 4) is 0 Å². The number of aliphatic hydroxyl groups is 1. The average molecular weight is 1370 g/mol. The number of alkyl halides is 1. The van der Waals surface area contributed by atoms with Gasteiger partial charge in [-0.2, -0.15) is 0 Å². The molecule has 0 aliphatic rings. The molecule has 0 fully saturated rings. The van der Waals surface area contributed by atoms with Crippen LogP contribution in [0.4, 0.5) is 0 Å². The molecule has 12 nitrogen and oxygen atoms in total. The first-order valence-electron chi connectivity index (χ1n) is 21.0. The monoisotopic (exact) mass is 1370 g/mol. The number of aryl methyl sites for hydroxylation is 2. The molecule has 10 aromatic rings. The Hall–Kier alpha value is -4.01. The van der Waals surface area contributed by atoms with Crippen LogP contribution < -0.4 is 11.1 Å². The van der Waals surface area contributed by atoms with Crippen molar-refractivity contribution in [2.75, 3.05) is 0 Å². The summed E-state index contributed by atoms with van der Waals surface area (Å²) in [6.45, 7) is 3.51. The maximum Gasteiger partial charge on any atom is 0.251 e. The molecule has 0 aliphatic heterocycles. The fourth-order valence-corrected chi connectivity index (χ4v) is 8.91. The SMILES string of the molecule is BrP(Br)Br.Cc1cc(=O)[nH]c(=S)[nH]1.Cc1cc(=O)[nH]c(SCc2cc3ccccc3nc2Cl)n1.Clc1nc2ccccc2cc1CBr.O=Cc1cc2ccccc2nc1Cl.OCc1cc2ccccc2nc1Cl. The molecule has 376 valence electrons. The summed E-state index contributed by atoms with van der Waals surface area (Å²) < 4.78 is 0.192. The summed E-state index contributed by atoms with van der Waals surface area (Å²) in [6.07, 6.45) is 0.710. The lowest BCUT2D eigenvalue weighted by molar-refractivity contribution is 0.112. The normalized spacial score (nSPS) is 10.4. The molecule has 6 heterocycles. The van der Waals surface area contributed by atoms with Crippen LogP contribution >= 0.6 is 137 Å². The number of pyridine rings is 4. The summed E-state index contributed by atoms with van der Waals surface area (Å²) in [5.41, 5.74) is 7.70. The Morgan fingerprint density at radius 1 is 0.589 bits per heavy atom. The van der Waals surface area contributed by atoms with Gasteiger partial charge in [0.25, 0.3) is 11.1 Å². The van der Waals surface area contributed by atoms with E-state index in [-0.39, 0.29) is 26.9 Å². The lowest BCUT2D eigenvalue weighted by atomic mass is 10.2. The Morgan fingerprint density at radius 2 is 1.00 bits per heavy atom. The number of hydrogen-bond acceptors (Lipinski definition) is 11. The molecule has 0 amide bonds. The zero-order valence-corrected chi connectivity index (χ0v) is 50.0. The highest BCUT2D eigenvalue weighted by molar-refractivity contribution is 9.93. The number of halogens is 8. The van der Waals surface area contributed by atoms with E-state index in [4.69, 9.17) is 51.5 Å². The number of aldehydes is 1. The van der Waals surface area contributed by atoms with E-state index in [0.29, 0.717) is 54.2 Å². The minimum Gasteiger partial charge on any atom is -0.392 e. The van der Waals surface area contributed by atoms with Gasteiger partial charge in [0.1, 0.15) is 24.6 Å². The van der Waals surface area contributed by atoms with Crippen LogP contribution in [0.2, 0.25) is 20.6 Å². The van der Waals surface area contributed by atoms with Gasteiger partial charge in [-0.05, 0) is 121 Å². The fourth-order valence-electron chi connectivity index (χ4n) is 6.26. The molecule has 0 aliphatic carbocycles. The Labute approximate surface area is 481 Å². The van der Waals surface area contributed by atoms with Gasteiger partial charge in [0, 0.05) is 72.8 Å². The van der Waals surface area contributed by atoms with Crippen molar-refractivity contribution in [2.45, 2.75) is 36.7 Å². The van der Waals surface area contributed by atoms with E-state index in [9.17, 15) is 14.4 Å². The number of hydrogen-bond donors (Lipinski definition) is 4. The van der Waals surface area contributed by atoms with Crippen LogP contribution in [0.1, 0.15) is 38.4 Å². The largest absolute Gasteiger partial charge is 0.392 e. The number of thioether (sulfide) groups is 1. The first-order valence-corrected chi connectivity index (χ1v) is 32.5. The Bertz CT molecular complexity index is 3560. The Morgan fingerprint density at radius 3 is 1.44 bits per heavy atom. The smallest absolute Gasteiger partial charge is 0.251 e. The number of nitrogens with zero attached hydrogens (tertiary/aromatic N) is 5. The number of fused-ring (bicyclic) bond motifs is 4. The van der Waals surface area contributed by atoms with E-state index in [1.807, 2.05) is 109 Å². The zero-order chi connectivity index (χ0) is 53.0. The number of carbonyl (C=O) groups excluding carboxylic acids is 1.